The molecule has 0 aromatic heterocycles. The third-order valence-electron chi connectivity index (χ3n) is 3.86. The van der Waals surface area contributed by atoms with Gasteiger partial charge in [0.25, 0.3) is 0 Å². The molecule has 1 N–H and O–H groups in total. The van der Waals surface area contributed by atoms with Gasteiger partial charge in [0.05, 0.1) is 12.2 Å². The van der Waals surface area contributed by atoms with Gasteiger partial charge < -0.3 is 10.1 Å². The Morgan fingerprint density at radius 3 is 2.91 bits per heavy atom. The molecular formula is C18H19ClN2O2. The molecule has 2 aromatic carbocycles. The fraction of sp³-hybridized carbons (Fsp3) is 0.278. The quantitative estimate of drug-likeness (QED) is 0.854. The number of urea groups is 1. The Kier molecular flexibility index (Phi) is 4.44. The first kappa shape index (κ1) is 15.7. The molecule has 0 unspecified atom stereocenters. The molecule has 0 saturated carbocycles. The molecule has 3 rings (SSSR count). The van der Waals surface area contributed by atoms with Crippen molar-refractivity contribution in [3.8, 4) is 5.75 Å². The van der Waals surface area contributed by atoms with Crippen molar-refractivity contribution in [2.24, 2.45) is 0 Å². The van der Waals surface area contributed by atoms with Gasteiger partial charge >= 0.3 is 6.03 Å². The lowest BCUT2D eigenvalue weighted by atomic mass is 10.1. The molecule has 1 atom stereocenters. The summed E-state index contributed by atoms with van der Waals surface area (Å²) in [6.07, 6.45) is 0.808. The Bertz CT molecular complexity index is 733. The smallest absolute Gasteiger partial charge is 0.326 e. The van der Waals surface area contributed by atoms with Gasteiger partial charge in [-0.3, -0.25) is 4.90 Å². The number of nitrogens with one attached hydrogen (secondary N) is 1. The molecule has 0 fully saturated rings. The number of fused-ring (bicyclic) bond motifs is 1. The fourth-order valence-electron chi connectivity index (χ4n) is 2.64. The summed E-state index contributed by atoms with van der Waals surface area (Å²) in [7, 11) is 0. The number of ether oxygens (including phenoxy) is 1. The van der Waals surface area contributed by atoms with Crippen LogP contribution in [0.25, 0.3) is 0 Å². The number of anilines is 2. The van der Waals surface area contributed by atoms with Gasteiger partial charge in [0, 0.05) is 10.7 Å². The van der Waals surface area contributed by atoms with Crippen molar-refractivity contribution in [2.45, 2.75) is 26.4 Å². The second kappa shape index (κ2) is 6.50. The number of amides is 2. The summed E-state index contributed by atoms with van der Waals surface area (Å²) in [5.41, 5.74) is 2.57. The van der Waals surface area contributed by atoms with Gasteiger partial charge in [-0.25, -0.2) is 4.79 Å². The Morgan fingerprint density at radius 1 is 1.35 bits per heavy atom. The van der Waals surface area contributed by atoms with E-state index < -0.39 is 0 Å². The lowest BCUT2D eigenvalue weighted by Gasteiger charge is -2.34. The molecule has 23 heavy (non-hydrogen) atoms. The number of carbonyl (C=O) groups is 1. The molecule has 1 aliphatic heterocycles. The number of carbonyl (C=O) groups excluding carboxylic acids is 1. The second-order valence-corrected chi connectivity index (χ2v) is 6.11. The first-order chi connectivity index (χ1) is 11.1. The van der Waals surface area contributed by atoms with E-state index in [9.17, 15) is 4.79 Å². The summed E-state index contributed by atoms with van der Waals surface area (Å²) in [4.78, 5) is 14.4. The Labute approximate surface area is 141 Å². The SMILES string of the molecule is CC[C@@H]1CN(C(=O)Nc2cccc(C)c2)c2cc(Cl)ccc2O1. The lowest BCUT2D eigenvalue weighted by Crippen LogP contribution is -2.45. The predicted molar refractivity (Wildman–Crippen MR) is 93.7 cm³/mol. The van der Waals surface area contributed by atoms with Crippen LogP contribution in [0.5, 0.6) is 5.75 Å². The van der Waals surface area contributed by atoms with Crippen LogP contribution in [0.2, 0.25) is 5.02 Å². The molecule has 0 spiro atoms. The van der Waals surface area contributed by atoms with Gasteiger partial charge in [0.2, 0.25) is 0 Å². The molecule has 1 aliphatic rings. The highest BCUT2D eigenvalue weighted by molar-refractivity contribution is 6.31. The van der Waals surface area contributed by atoms with Crippen molar-refractivity contribution in [1.82, 2.24) is 0 Å². The highest BCUT2D eigenvalue weighted by Crippen LogP contribution is 2.36. The third kappa shape index (κ3) is 3.42. The average Bonchev–Trinajstić information content (AvgIpc) is 2.53. The van der Waals surface area contributed by atoms with E-state index in [-0.39, 0.29) is 12.1 Å². The van der Waals surface area contributed by atoms with Gasteiger partial charge in [0.1, 0.15) is 11.9 Å². The van der Waals surface area contributed by atoms with Crippen molar-refractivity contribution in [1.29, 1.82) is 0 Å². The van der Waals surface area contributed by atoms with Crippen LogP contribution < -0.4 is 15.0 Å². The molecule has 2 amide bonds. The van der Waals surface area contributed by atoms with Crippen LogP contribution in [-0.2, 0) is 0 Å². The Balaban J connectivity index is 1.88. The van der Waals surface area contributed by atoms with E-state index >= 15 is 0 Å². The van der Waals surface area contributed by atoms with E-state index in [1.165, 1.54) is 0 Å². The standard InChI is InChI=1S/C18H19ClN2O2/c1-3-15-11-21(16-10-13(19)7-8-17(16)23-15)18(22)20-14-6-4-5-12(2)9-14/h4-10,15H,3,11H2,1-2H3,(H,20,22)/t15-/m1/s1. The number of halogens is 1. The zero-order valence-electron chi connectivity index (χ0n) is 13.2. The maximum atomic E-state index is 12.7. The minimum Gasteiger partial charge on any atom is -0.486 e. The summed E-state index contributed by atoms with van der Waals surface area (Å²) >= 11 is 6.08. The van der Waals surface area contributed by atoms with Crippen LogP contribution in [0.3, 0.4) is 0 Å². The second-order valence-electron chi connectivity index (χ2n) is 5.67. The monoisotopic (exact) mass is 330 g/mol. The van der Waals surface area contributed by atoms with Crippen LogP contribution in [-0.4, -0.2) is 18.7 Å². The first-order valence-corrected chi connectivity index (χ1v) is 8.06. The first-order valence-electron chi connectivity index (χ1n) is 7.68. The summed E-state index contributed by atoms with van der Waals surface area (Å²) < 4.78 is 5.91. The maximum absolute atomic E-state index is 12.7. The van der Waals surface area contributed by atoms with Crippen molar-refractivity contribution in [3.05, 3.63) is 53.1 Å². The van der Waals surface area contributed by atoms with Gasteiger partial charge in [-0.15, -0.1) is 0 Å². The zero-order valence-corrected chi connectivity index (χ0v) is 13.9. The molecule has 0 aliphatic carbocycles. The van der Waals surface area contributed by atoms with Crippen molar-refractivity contribution >= 4 is 29.0 Å². The minimum absolute atomic E-state index is 0.0214. The molecule has 4 nitrogen and oxygen atoms in total. The molecule has 0 bridgehead atoms. The highest BCUT2D eigenvalue weighted by Gasteiger charge is 2.29. The fourth-order valence-corrected chi connectivity index (χ4v) is 2.80. The summed E-state index contributed by atoms with van der Waals surface area (Å²) in [5.74, 6) is 0.687. The minimum atomic E-state index is -0.180. The maximum Gasteiger partial charge on any atom is 0.326 e. The number of benzene rings is 2. The average molecular weight is 331 g/mol. The van der Waals surface area contributed by atoms with Crippen LogP contribution in [0.4, 0.5) is 16.2 Å². The van der Waals surface area contributed by atoms with Crippen molar-refractivity contribution < 1.29 is 9.53 Å². The van der Waals surface area contributed by atoms with Crippen LogP contribution in [0, 0.1) is 6.92 Å². The van der Waals surface area contributed by atoms with E-state index in [1.54, 1.807) is 17.0 Å². The molecule has 120 valence electrons. The van der Waals surface area contributed by atoms with E-state index in [0.29, 0.717) is 23.0 Å². The normalized spacial score (nSPS) is 16.5. The number of hydrogen-bond donors (Lipinski definition) is 1. The zero-order chi connectivity index (χ0) is 16.4. The molecule has 0 saturated heterocycles. The summed E-state index contributed by atoms with van der Waals surface area (Å²) in [6.45, 7) is 4.54. The van der Waals surface area contributed by atoms with Gasteiger partial charge in [-0.2, -0.15) is 0 Å². The Hall–Kier alpha value is -2.20. The molecule has 1 heterocycles. The van der Waals surface area contributed by atoms with Gasteiger partial charge in [-0.05, 0) is 49.2 Å². The number of rotatable bonds is 2. The van der Waals surface area contributed by atoms with Crippen molar-refractivity contribution in [2.75, 3.05) is 16.8 Å². The van der Waals surface area contributed by atoms with Gasteiger partial charge in [-0.1, -0.05) is 30.7 Å². The topological polar surface area (TPSA) is 41.6 Å². The number of nitrogens with zero attached hydrogens (tertiary/aromatic N) is 1. The van der Waals surface area contributed by atoms with Crippen LogP contribution >= 0.6 is 11.6 Å². The highest BCUT2D eigenvalue weighted by atomic mass is 35.5. The molecule has 2 aromatic rings. The summed E-state index contributed by atoms with van der Waals surface area (Å²) in [5, 5.41) is 3.53. The van der Waals surface area contributed by atoms with Gasteiger partial charge in [0.15, 0.2) is 0 Å². The largest absolute Gasteiger partial charge is 0.486 e. The summed E-state index contributed by atoms with van der Waals surface area (Å²) in [6, 6.07) is 12.9. The number of hydrogen-bond acceptors (Lipinski definition) is 2. The van der Waals surface area contributed by atoms with E-state index in [1.807, 2.05) is 44.2 Å². The van der Waals surface area contributed by atoms with Crippen molar-refractivity contribution in [3.63, 3.8) is 0 Å². The van der Waals surface area contributed by atoms with Crippen LogP contribution in [0.1, 0.15) is 18.9 Å². The van der Waals surface area contributed by atoms with Crippen LogP contribution in [0.15, 0.2) is 42.5 Å². The Morgan fingerprint density at radius 2 is 2.17 bits per heavy atom. The predicted octanol–water partition coefficient (Wildman–Crippen LogP) is 4.86. The van der Waals surface area contributed by atoms with E-state index in [2.05, 4.69) is 5.32 Å². The molecule has 0 radical (unpaired) electrons. The molecule has 5 heteroatoms. The molecular weight excluding hydrogens is 312 g/mol. The van der Waals surface area contributed by atoms with E-state index in [0.717, 1.165) is 17.7 Å². The lowest BCUT2D eigenvalue weighted by molar-refractivity contribution is 0.188. The van der Waals surface area contributed by atoms with E-state index in [4.69, 9.17) is 16.3 Å². The number of aryl methyl sites for hydroxylation is 1. The third-order valence-corrected chi connectivity index (χ3v) is 4.10.